The van der Waals surface area contributed by atoms with Gasteiger partial charge in [0, 0.05) is 6.54 Å². The van der Waals surface area contributed by atoms with Crippen molar-refractivity contribution >= 4 is 15.4 Å². The van der Waals surface area contributed by atoms with Crippen molar-refractivity contribution in [2.75, 3.05) is 7.11 Å². The van der Waals surface area contributed by atoms with Crippen molar-refractivity contribution in [1.82, 2.24) is 4.67 Å². The largest absolute Gasteiger partial charge is 0.468 e. The van der Waals surface area contributed by atoms with E-state index in [0.717, 1.165) is 13.0 Å². The van der Waals surface area contributed by atoms with E-state index in [0.29, 0.717) is 0 Å². The van der Waals surface area contributed by atoms with Crippen molar-refractivity contribution in [2.45, 2.75) is 19.0 Å². The summed E-state index contributed by atoms with van der Waals surface area (Å²) in [5.74, 6) is -0.167. The van der Waals surface area contributed by atoms with Crippen LogP contribution in [0.1, 0.15) is 11.1 Å². The molecule has 2 atom stereocenters. The number of carbonyl (C=O) groups is 1. The lowest BCUT2D eigenvalue weighted by atomic mass is 9.96. The predicted octanol–water partition coefficient (Wildman–Crippen LogP) is 1.38. The van der Waals surface area contributed by atoms with Crippen LogP contribution in [0.5, 0.6) is 0 Å². The van der Waals surface area contributed by atoms with Crippen LogP contribution in [-0.4, -0.2) is 23.8 Å². The topological polar surface area (TPSA) is 29.5 Å². The predicted molar refractivity (Wildman–Crippen MR) is 61.2 cm³/mol. The van der Waals surface area contributed by atoms with Crippen molar-refractivity contribution in [3.8, 4) is 0 Å². The second kappa shape index (κ2) is 4.30. The van der Waals surface area contributed by atoms with Gasteiger partial charge in [0.25, 0.3) is 0 Å². The van der Waals surface area contributed by atoms with E-state index in [2.05, 4.69) is 21.5 Å². The monoisotopic (exact) mass is 223 g/mol. The van der Waals surface area contributed by atoms with E-state index in [-0.39, 0.29) is 12.0 Å². The third kappa shape index (κ3) is 2.04. The second-order valence-corrected chi connectivity index (χ2v) is 4.35. The number of methoxy groups -OCH3 is 1. The number of carbonyl (C=O) groups excluding carboxylic acids is 1. The van der Waals surface area contributed by atoms with Gasteiger partial charge in [0.05, 0.1) is 7.11 Å². The highest BCUT2D eigenvalue weighted by atomic mass is 31.0. The lowest BCUT2D eigenvalue weighted by molar-refractivity contribution is -0.145. The Morgan fingerprint density at radius 3 is 2.80 bits per heavy atom. The maximum Gasteiger partial charge on any atom is 0.323 e. The number of ether oxygens (including phenoxy) is 1. The molecule has 15 heavy (non-hydrogen) atoms. The van der Waals surface area contributed by atoms with Crippen LogP contribution >= 0.6 is 9.39 Å². The Kier molecular flexibility index (Phi) is 3.03. The highest BCUT2D eigenvalue weighted by molar-refractivity contribution is 7.13. The zero-order valence-corrected chi connectivity index (χ0v) is 9.80. The number of rotatable bonds is 1. The molecule has 0 amide bonds. The molecule has 0 aliphatic carbocycles. The molecule has 2 unspecified atom stereocenters. The Labute approximate surface area is 91.7 Å². The fourth-order valence-electron chi connectivity index (χ4n) is 1.90. The van der Waals surface area contributed by atoms with Gasteiger partial charge in [-0.3, -0.25) is 9.46 Å². The first-order chi connectivity index (χ1) is 7.22. The molecule has 1 aliphatic rings. The van der Waals surface area contributed by atoms with Gasteiger partial charge in [0.2, 0.25) is 0 Å². The van der Waals surface area contributed by atoms with Gasteiger partial charge in [-0.25, -0.2) is 0 Å². The highest BCUT2D eigenvalue weighted by Crippen LogP contribution is 2.26. The van der Waals surface area contributed by atoms with Gasteiger partial charge in [-0.15, -0.1) is 0 Å². The number of nitrogens with zero attached hydrogens (tertiary/aromatic N) is 1. The molecule has 0 N–H and O–H groups in total. The van der Waals surface area contributed by atoms with Crippen LogP contribution in [0.4, 0.5) is 0 Å². The first kappa shape index (κ1) is 10.6. The third-order valence-electron chi connectivity index (χ3n) is 2.76. The standard InChI is InChI=1S/C11H14NO2P/c1-14-11(13)10-6-8-4-2-3-5-9(8)7-12(10)15/h2-5,10H,6-7,15H2,1H3. The van der Waals surface area contributed by atoms with Crippen molar-refractivity contribution in [3.05, 3.63) is 35.4 Å². The summed E-state index contributed by atoms with van der Waals surface area (Å²) < 4.78 is 6.73. The Morgan fingerprint density at radius 2 is 2.13 bits per heavy atom. The lowest BCUT2D eigenvalue weighted by Crippen LogP contribution is -2.40. The van der Waals surface area contributed by atoms with Crippen molar-refractivity contribution in [3.63, 3.8) is 0 Å². The van der Waals surface area contributed by atoms with E-state index in [1.54, 1.807) is 0 Å². The van der Waals surface area contributed by atoms with E-state index in [1.807, 2.05) is 16.8 Å². The molecule has 4 heteroatoms. The van der Waals surface area contributed by atoms with E-state index in [9.17, 15) is 4.79 Å². The minimum Gasteiger partial charge on any atom is -0.468 e. The van der Waals surface area contributed by atoms with E-state index < -0.39 is 0 Å². The number of esters is 1. The zero-order chi connectivity index (χ0) is 10.8. The first-order valence-electron chi connectivity index (χ1n) is 4.88. The van der Waals surface area contributed by atoms with Gasteiger partial charge in [0.15, 0.2) is 0 Å². The zero-order valence-electron chi connectivity index (χ0n) is 8.64. The molecule has 0 spiro atoms. The molecule has 0 bridgehead atoms. The highest BCUT2D eigenvalue weighted by Gasteiger charge is 2.29. The minimum absolute atomic E-state index is 0.167. The number of fused-ring (bicyclic) bond motifs is 1. The van der Waals surface area contributed by atoms with Gasteiger partial charge in [-0.2, -0.15) is 0 Å². The van der Waals surface area contributed by atoms with Crippen LogP contribution in [0.3, 0.4) is 0 Å². The molecule has 0 radical (unpaired) electrons. The molecule has 1 aromatic rings. The second-order valence-electron chi connectivity index (χ2n) is 3.68. The summed E-state index contributed by atoms with van der Waals surface area (Å²) in [6.45, 7) is 0.778. The van der Waals surface area contributed by atoms with Gasteiger partial charge in [0.1, 0.15) is 6.04 Å². The van der Waals surface area contributed by atoms with Crippen LogP contribution in [0.25, 0.3) is 0 Å². The third-order valence-corrected chi connectivity index (χ3v) is 3.30. The van der Waals surface area contributed by atoms with Gasteiger partial charge >= 0.3 is 5.97 Å². The van der Waals surface area contributed by atoms with Crippen molar-refractivity contribution in [1.29, 1.82) is 0 Å². The van der Waals surface area contributed by atoms with E-state index >= 15 is 0 Å². The average Bonchev–Trinajstić information content (AvgIpc) is 2.27. The fourth-order valence-corrected chi connectivity index (χ4v) is 2.32. The number of benzene rings is 1. The van der Waals surface area contributed by atoms with E-state index in [1.165, 1.54) is 18.2 Å². The molecular formula is C11H14NO2P. The fraction of sp³-hybridized carbons (Fsp3) is 0.364. The molecule has 0 saturated carbocycles. The molecule has 80 valence electrons. The molecule has 0 aromatic heterocycles. The Bertz CT molecular complexity index is 381. The summed E-state index contributed by atoms with van der Waals surface area (Å²) in [5, 5.41) is 0. The summed E-state index contributed by atoms with van der Waals surface area (Å²) in [4.78, 5) is 11.5. The summed E-state index contributed by atoms with van der Waals surface area (Å²) in [6, 6.07) is 8.03. The summed E-state index contributed by atoms with van der Waals surface area (Å²) in [5.41, 5.74) is 2.53. The van der Waals surface area contributed by atoms with Crippen LogP contribution in [0.15, 0.2) is 24.3 Å². The Morgan fingerprint density at radius 1 is 1.47 bits per heavy atom. The molecule has 3 nitrogen and oxygen atoms in total. The van der Waals surface area contributed by atoms with Gasteiger partial charge in [-0.1, -0.05) is 33.7 Å². The Hall–Kier alpha value is -0.920. The summed E-state index contributed by atoms with van der Waals surface area (Å²) in [7, 11) is 4.03. The summed E-state index contributed by atoms with van der Waals surface area (Å²) >= 11 is 0. The first-order valence-corrected chi connectivity index (χ1v) is 5.40. The Balaban J connectivity index is 2.25. The van der Waals surface area contributed by atoms with Crippen molar-refractivity contribution < 1.29 is 9.53 Å². The molecule has 0 saturated heterocycles. The molecule has 0 fully saturated rings. The van der Waals surface area contributed by atoms with Crippen LogP contribution in [0, 0.1) is 0 Å². The molecule has 1 heterocycles. The van der Waals surface area contributed by atoms with Crippen LogP contribution in [0.2, 0.25) is 0 Å². The summed E-state index contributed by atoms with van der Waals surface area (Å²) in [6.07, 6.45) is 0.729. The normalized spacial score (nSPS) is 20.8. The SMILES string of the molecule is COC(=O)C1Cc2ccccc2CN1P. The molecule has 2 rings (SSSR count). The lowest BCUT2D eigenvalue weighted by Gasteiger charge is -2.31. The van der Waals surface area contributed by atoms with Gasteiger partial charge in [-0.05, 0) is 17.5 Å². The molecule has 1 aromatic carbocycles. The smallest absolute Gasteiger partial charge is 0.323 e. The van der Waals surface area contributed by atoms with E-state index in [4.69, 9.17) is 4.74 Å². The maximum atomic E-state index is 11.5. The van der Waals surface area contributed by atoms with Gasteiger partial charge < -0.3 is 4.74 Å². The molecular weight excluding hydrogens is 209 g/mol. The maximum absolute atomic E-state index is 11.5. The minimum atomic E-state index is -0.171. The number of hydrogen-bond donors (Lipinski definition) is 0. The van der Waals surface area contributed by atoms with Crippen LogP contribution in [-0.2, 0) is 22.5 Å². The molecule has 1 aliphatic heterocycles. The number of hydrogen-bond acceptors (Lipinski definition) is 3. The average molecular weight is 223 g/mol. The van der Waals surface area contributed by atoms with Crippen molar-refractivity contribution in [2.24, 2.45) is 0 Å². The quantitative estimate of drug-likeness (QED) is 0.532. The van der Waals surface area contributed by atoms with Crippen LogP contribution < -0.4 is 0 Å².